The summed E-state index contributed by atoms with van der Waals surface area (Å²) in [5, 5.41) is -0.234. The van der Waals surface area contributed by atoms with Gasteiger partial charge in [-0.3, -0.25) is 0 Å². The Hall–Kier alpha value is -10.6. The number of ether oxygens (including phenoxy) is 3. The zero-order valence-corrected chi connectivity index (χ0v) is 70.4. The highest BCUT2D eigenvalue weighted by Gasteiger charge is 2.42. The molecule has 12 aromatic carbocycles. The lowest BCUT2D eigenvalue weighted by Crippen LogP contribution is -2.33. The van der Waals surface area contributed by atoms with E-state index in [1.54, 1.807) is 36.4 Å². The molecule has 0 unspecified atom stereocenters. The van der Waals surface area contributed by atoms with Crippen molar-refractivity contribution in [3.8, 4) is 61.7 Å². The molecule has 2 aromatic heterocycles. The van der Waals surface area contributed by atoms with Gasteiger partial charge in [0, 0.05) is 42.0 Å². The van der Waals surface area contributed by atoms with Gasteiger partial charge in [-0.2, -0.15) is 4.57 Å². The first kappa shape index (κ1) is 83.9. The molecular weight excluding hydrogens is 1530 g/mol. The monoisotopic (exact) mass is 1620 g/mol. The van der Waals surface area contributed by atoms with E-state index in [0.717, 1.165) is 95.1 Å². The molecular formula is C101H99N2O12P3+2. The van der Waals surface area contributed by atoms with Crippen molar-refractivity contribution < 1.29 is 67.4 Å². The maximum atomic E-state index is 12.1. The standard InChI is InChI=1S/C101H97N2O12P3/c1-97(2,3)80-30-36-86(37-31-80)101(87-38-32-81(33-39-87)98(4,5)6,88-40-34-82(35-41-88)99(7,8)9)90-44-50-93(51-45-90)115-69-67-113-66-68-114-92-48-10-71(11-49-92)70-102-62-58-78(59-63-102)79-60-64-103(65-61-79)91-46-42-89(43-47-91)100(83-24-12-72(13-25-83)75-18-52-94(53-19-75)116(104,105)106,84-26-14-73(15-27-84)76-20-54-95(55-21-76)117(107,108)109)85-28-16-74(17-29-85)77-22-56-96(57-23-77)118(110,111)112/h10-65H,66-70H2,1-9H3,(H4-2,104,105,106,107,108,109,110,111,112)/p+2. The fraction of sp³-hybridized carbons (Fsp3) is 0.188. The summed E-state index contributed by atoms with van der Waals surface area (Å²) in [5.74, 6) is 1.53. The number of hydrogen-bond donors (Lipinski definition) is 6. The molecule has 0 bridgehead atoms. The SMILES string of the molecule is CC(C)(C)c1ccc(C(c2ccc(OCCOCCOc3ccc(C[n+]4ccc(-c5cc[n+](-c6ccc(C(c7ccc(-c8ccc([P+]([O-])(O)O)cc8)cc7)(c7ccc(-c8ccc([P+]([O-])(O)O)cc8)cc7)c7ccc(-c8ccc([P+]([O-])(O)O)cc8)cc7)cc6)cc5)cc4)cc3)cc2)(c2ccc(C(C)(C)C)cc2)c2ccc(C(C)(C)C)cc2)cc1. The van der Waals surface area contributed by atoms with Crippen LogP contribution in [0.3, 0.4) is 0 Å². The van der Waals surface area contributed by atoms with Gasteiger partial charge in [-0.05, 0) is 195 Å². The van der Waals surface area contributed by atoms with E-state index in [9.17, 15) is 44.0 Å². The van der Waals surface area contributed by atoms with E-state index < -0.39 is 34.7 Å². The number of nitrogens with zero attached hydrogens (tertiary/aromatic N) is 2. The van der Waals surface area contributed by atoms with Gasteiger partial charge in [-0.25, -0.2) is 33.9 Å². The van der Waals surface area contributed by atoms with Crippen LogP contribution in [0.1, 0.15) is 129 Å². The molecule has 14 aromatic rings. The van der Waals surface area contributed by atoms with E-state index in [0.29, 0.717) is 33.0 Å². The number of hydrogen-bond acceptors (Lipinski definition) is 12. The maximum absolute atomic E-state index is 12.1. The van der Waals surface area contributed by atoms with Crippen LogP contribution in [0.2, 0.25) is 0 Å². The Balaban J connectivity index is 0.633. The van der Waals surface area contributed by atoms with Gasteiger partial charge in [0.1, 0.15) is 40.6 Å². The summed E-state index contributed by atoms with van der Waals surface area (Å²) < 4.78 is 22.7. The van der Waals surface area contributed by atoms with Gasteiger partial charge in [0.15, 0.2) is 31.3 Å². The fourth-order valence-corrected chi connectivity index (χ4v) is 17.2. The van der Waals surface area contributed by atoms with Crippen LogP contribution in [0.4, 0.5) is 0 Å². The van der Waals surface area contributed by atoms with Gasteiger partial charge in [0.2, 0.25) is 5.69 Å². The van der Waals surface area contributed by atoms with Crippen molar-refractivity contribution in [2.24, 2.45) is 0 Å². The highest BCUT2D eigenvalue weighted by Crippen LogP contribution is 2.50. The number of benzene rings is 12. The first-order valence-corrected chi connectivity index (χ1v) is 44.3. The lowest BCUT2D eigenvalue weighted by Gasteiger charge is -2.38. The first-order valence-electron chi connectivity index (χ1n) is 39.5. The minimum atomic E-state index is -4.47. The van der Waals surface area contributed by atoms with E-state index in [4.69, 9.17) is 14.2 Å². The third-order valence-corrected chi connectivity index (χ3v) is 25.2. The Bertz CT molecular complexity index is 5300. The Morgan fingerprint density at radius 3 is 0.746 bits per heavy atom. The predicted molar refractivity (Wildman–Crippen MR) is 469 cm³/mol. The Kier molecular flexibility index (Phi) is 24.5. The predicted octanol–water partition coefficient (Wildman–Crippen LogP) is 16.3. The van der Waals surface area contributed by atoms with Crippen molar-refractivity contribution in [1.29, 1.82) is 0 Å². The second-order valence-corrected chi connectivity index (χ2v) is 38.1. The average Bonchev–Trinajstić information content (AvgIpc) is 0.732. The van der Waals surface area contributed by atoms with E-state index in [2.05, 4.69) is 278 Å². The molecule has 0 fully saturated rings. The molecule has 17 heteroatoms. The Morgan fingerprint density at radius 2 is 0.475 bits per heavy atom. The molecule has 2 heterocycles. The van der Waals surface area contributed by atoms with Crippen molar-refractivity contribution in [2.75, 3.05) is 26.4 Å². The second-order valence-electron chi connectivity index (χ2n) is 33.3. The van der Waals surface area contributed by atoms with Gasteiger partial charge in [0.25, 0.3) is 23.8 Å². The molecule has 14 nitrogen and oxygen atoms in total. The second kappa shape index (κ2) is 34.4. The molecule has 0 amide bonds. The minimum Gasteiger partial charge on any atom is -0.627 e. The van der Waals surface area contributed by atoms with E-state index in [1.807, 2.05) is 60.9 Å². The molecule has 0 radical (unpaired) electrons. The van der Waals surface area contributed by atoms with Gasteiger partial charge < -0.3 is 28.9 Å². The summed E-state index contributed by atoms with van der Waals surface area (Å²) in [4.78, 5) is 95.7. The third-order valence-electron chi connectivity index (χ3n) is 22.3. The summed E-state index contributed by atoms with van der Waals surface area (Å²) >= 11 is 0. The van der Waals surface area contributed by atoms with Crippen LogP contribution in [-0.4, -0.2) is 55.8 Å². The van der Waals surface area contributed by atoms with E-state index in [-0.39, 0.29) is 32.2 Å². The molecule has 118 heavy (non-hydrogen) atoms. The van der Waals surface area contributed by atoms with Crippen molar-refractivity contribution in [2.45, 2.75) is 95.9 Å². The normalized spacial score (nSPS) is 12.5. The molecule has 0 atom stereocenters. The van der Waals surface area contributed by atoms with Crippen LogP contribution in [-0.2, 0) is 38.4 Å². The van der Waals surface area contributed by atoms with Gasteiger partial charge in [-0.1, -0.05) is 269 Å². The summed E-state index contributed by atoms with van der Waals surface area (Å²) in [6.07, 6.45) is 8.26. The largest absolute Gasteiger partial charge is 0.627 e. The Morgan fingerprint density at radius 1 is 0.254 bits per heavy atom. The molecule has 0 aliphatic carbocycles. The van der Waals surface area contributed by atoms with E-state index >= 15 is 0 Å². The lowest BCUT2D eigenvalue weighted by molar-refractivity contribution is -0.688. The van der Waals surface area contributed by atoms with Crippen molar-refractivity contribution in [3.05, 3.63) is 407 Å². The molecule has 0 spiro atoms. The smallest absolute Gasteiger partial charge is 0.263 e. The van der Waals surface area contributed by atoms with Crippen molar-refractivity contribution in [1.82, 2.24) is 0 Å². The maximum Gasteiger partial charge on any atom is 0.263 e. The van der Waals surface area contributed by atoms with Crippen LogP contribution in [0.15, 0.2) is 340 Å². The third kappa shape index (κ3) is 18.8. The quantitative estimate of drug-likeness (QED) is 0.0129. The minimum absolute atomic E-state index is 0.00475. The van der Waals surface area contributed by atoms with Crippen LogP contribution in [0, 0.1) is 0 Å². The van der Waals surface area contributed by atoms with Crippen LogP contribution in [0.5, 0.6) is 11.5 Å². The summed E-state index contributed by atoms with van der Waals surface area (Å²) in [7, 11) is -13.4. The number of pyridine rings is 2. The first-order chi connectivity index (χ1) is 56.2. The molecule has 6 N–H and O–H groups in total. The molecule has 598 valence electrons. The van der Waals surface area contributed by atoms with Crippen LogP contribution in [0.25, 0.3) is 50.2 Å². The van der Waals surface area contributed by atoms with Gasteiger partial charge >= 0.3 is 0 Å². The fourth-order valence-electron chi connectivity index (χ4n) is 15.6. The van der Waals surface area contributed by atoms with Crippen molar-refractivity contribution >= 4 is 39.7 Å². The molecule has 14 rings (SSSR count). The van der Waals surface area contributed by atoms with Gasteiger partial charge in [0.05, 0.1) is 24.0 Å². The molecule has 0 saturated heterocycles. The molecule has 0 saturated carbocycles. The van der Waals surface area contributed by atoms with Gasteiger partial charge in [-0.15, -0.1) is 0 Å². The van der Waals surface area contributed by atoms with Crippen LogP contribution < -0.4 is 49.2 Å². The van der Waals surface area contributed by atoms with Crippen molar-refractivity contribution in [3.63, 3.8) is 0 Å². The molecule has 0 aliphatic rings. The zero-order valence-electron chi connectivity index (χ0n) is 67.7. The lowest BCUT2D eigenvalue weighted by atomic mass is 9.64. The highest BCUT2D eigenvalue weighted by molar-refractivity contribution is 7.66. The Labute approximate surface area is 693 Å². The number of rotatable bonds is 26. The number of aromatic nitrogens is 2. The average molecular weight is 1630 g/mol. The van der Waals surface area contributed by atoms with E-state index in [1.165, 1.54) is 69.8 Å². The summed E-state index contributed by atoms with van der Waals surface area (Å²) in [6.45, 7) is 22.6. The van der Waals surface area contributed by atoms with Crippen LogP contribution >= 0.6 is 23.8 Å². The zero-order chi connectivity index (χ0) is 83.4. The topological polar surface area (TPSA) is 226 Å². The molecule has 0 aliphatic heterocycles. The summed E-state index contributed by atoms with van der Waals surface area (Å²) in [5.41, 5.74) is 19.4. The summed E-state index contributed by atoms with van der Waals surface area (Å²) in [6, 6.07) is 104. The highest BCUT2D eigenvalue weighted by atomic mass is 31.2.